The molecule has 7 nitrogen and oxygen atoms in total. The molecule has 30 heavy (non-hydrogen) atoms. The molecule has 166 valence electrons. The van der Waals surface area contributed by atoms with E-state index in [1.54, 1.807) is 24.0 Å². The molecule has 0 spiro atoms. The summed E-state index contributed by atoms with van der Waals surface area (Å²) >= 11 is 0. The first-order chi connectivity index (χ1) is 14.2. The molecule has 0 bridgehead atoms. The second-order valence-corrected chi connectivity index (χ2v) is 8.38. The Hall–Kier alpha value is -2.41. The minimum Gasteiger partial charge on any atom is -0.480 e. The highest BCUT2D eigenvalue weighted by atomic mass is 16.4. The Morgan fingerprint density at radius 2 is 1.63 bits per heavy atom. The molecule has 0 unspecified atom stereocenters. The van der Waals surface area contributed by atoms with Crippen LogP contribution in [0.4, 0.5) is 5.69 Å². The van der Waals surface area contributed by atoms with E-state index in [9.17, 15) is 14.4 Å². The Morgan fingerprint density at radius 3 is 2.23 bits per heavy atom. The third-order valence-electron chi connectivity index (χ3n) is 5.66. The second-order valence-electron chi connectivity index (χ2n) is 8.38. The molecule has 0 saturated carbocycles. The summed E-state index contributed by atoms with van der Waals surface area (Å²) in [6, 6.07) is 4.65. The summed E-state index contributed by atoms with van der Waals surface area (Å²) in [5.41, 5.74) is 2.15. The molecular formula is C23H35N3O4. The van der Waals surface area contributed by atoms with E-state index in [2.05, 4.69) is 24.1 Å². The van der Waals surface area contributed by atoms with E-state index in [0.717, 1.165) is 37.1 Å². The van der Waals surface area contributed by atoms with Gasteiger partial charge in [0.05, 0.1) is 0 Å². The van der Waals surface area contributed by atoms with E-state index in [1.165, 1.54) is 19.8 Å². The van der Waals surface area contributed by atoms with Crippen LogP contribution in [0, 0.1) is 0 Å². The molecule has 0 aliphatic carbocycles. The summed E-state index contributed by atoms with van der Waals surface area (Å²) in [6.07, 6.45) is 5.51. The number of hydrogen-bond donors (Lipinski definition) is 2. The predicted molar refractivity (Wildman–Crippen MR) is 118 cm³/mol. The van der Waals surface area contributed by atoms with Crippen LogP contribution in [0.15, 0.2) is 18.2 Å². The van der Waals surface area contributed by atoms with Crippen LogP contribution in [-0.2, 0) is 16.1 Å². The zero-order valence-corrected chi connectivity index (χ0v) is 18.6. The minimum absolute atomic E-state index is 0.0129. The van der Waals surface area contributed by atoms with Crippen molar-refractivity contribution < 1.29 is 19.5 Å². The number of nitrogens with one attached hydrogen (secondary N) is 1. The van der Waals surface area contributed by atoms with Crippen molar-refractivity contribution in [3.05, 3.63) is 29.3 Å². The average Bonchev–Trinajstić information content (AvgIpc) is 2.67. The number of carbonyl (C=O) groups is 3. The van der Waals surface area contributed by atoms with Gasteiger partial charge in [0.2, 0.25) is 5.91 Å². The molecule has 1 aromatic carbocycles. The zero-order valence-electron chi connectivity index (χ0n) is 18.6. The van der Waals surface area contributed by atoms with E-state index in [1.807, 2.05) is 6.07 Å². The van der Waals surface area contributed by atoms with E-state index >= 15 is 0 Å². The Labute approximate surface area is 179 Å². The number of hydrogen-bond acceptors (Lipinski definition) is 4. The zero-order chi connectivity index (χ0) is 22.3. The summed E-state index contributed by atoms with van der Waals surface area (Å²) in [6.45, 7) is 9.57. The first kappa shape index (κ1) is 23.9. The maximum Gasteiger partial charge on any atom is 0.325 e. The Bertz CT molecular complexity index is 763. The molecular weight excluding hydrogens is 382 g/mol. The molecule has 1 atom stereocenters. The molecule has 0 saturated heterocycles. The maximum absolute atomic E-state index is 12.6. The minimum atomic E-state index is -1.08. The Balaban J connectivity index is 2.43. The predicted octanol–water partition coefficient (Wildman–Crippen LogP) is 3.42. The third kappa shape index (κ3) is 6.55. The molecule has 1 aromatic rings. The highest BCUT2D eigenvalue weighted by Crippen LogP contribution is 2.26. The number of rotatable bonds is 4. The molecule has 1 aliphatic rings. The smallest absolute Gasteiger partial charge is 0.325 e. The molecule has 7 heteroatoms. The number of carboxylic acid groups (broad SMARTS) is 1. The van der Waals surface area contributed by atoms with Crippen LogP contribution in [0.1, 0.15) is 75.7 Å². The normalized spacial score (nSPS) is 17.4. The summed E-state index contributed by atoms with van der Waals surface area (Å²) in [7, 11) is 0. The van der Waals surface area contributed by atoms with Crippen molar-refractivity contribution in [3.63, 3.8) is 0 Å². The van der Waals surface area contributed by atoms with Crippen LogP contribution in [-0.4, -0.2) is 53.0 Å². The van der Waals surface area contributed by atoms with E-state index in [0.29, 0.717) is 24.7 Å². The number of fused-ring (bicyclic) bond motifs is 1. The molecule has 0 radical (unpaired) electrons. The standard InChI is InChI=1S/C23H35N3O4/c1-16(2)25-12-8-6-5-7-9-13-26(18(4)27)21-11-10-19(14-20(21)15-25)22(28)24-17(3)23(29)30/h10-11,14,16-17H,5-9,12-13,15H2,1-4H3,(H,24,28)(H,29,30)/t17-/m0/s1. The highest BCUT2D eigenvalue weighted by molar-refractivity contribution is 5.98. The fourth-order valence-corrected chi connectivity index (χ4v) is 3.76. The molecule has 2 N–H and O–H groups in total. The number of carbonyl (C=O) groups excluding carboxylic acids is 2. The van der Waals surface area contributed by atoms with Crippen LogP contribution in [0.5, 0.6) is 0 Å². The van der Waals surface area contributed by atoms with E-state index in [4.69, 9.17) is 5.11 Å². The summed E-state index contributed by atoms with van der Waals surface area (Å²) in [5.74, 6) is -1.52. The molecule has 2 rings (SSSR count). The van der Waals surface area contributed by atoms with Crippen LogP contribution in [0.2, 0.25) is 0 Å². The molecule has 0 fully saturated rings. The lowest BCUT2D eigenvalue weighted by atomic mass is 10.0. The number of anilines is 1. The molecule has 0 aromatic heterocycles. The lowest BCUT2D eigenvalue weighted by Gasteiger charge is -2.31. The van der Waals surface area contributed by atoms with Gasteiger partial charge in [-0.3, -0.25) is 19.3 Å². The van der Waals surface area contributed by atoms with E-state index in [-0.39, 0.29) is 5.91 Å². The first-order valence-electron chi connectivity index (χ1n) is 10.9. The Kier molecular flexibility index (Phi) is 8.84. The summed E-state index contributed by atoms with van der Waals surface area (Å²) in [4.78, 5) is 40.2. The van der Waals surface area contributed by atoms with Crippen LogP contribution >= 0.6 is 0 Å². The number of aliphatic carboxylic acids is 1. The quantitative estimate of drug-likeness (QED) is 0.783. The van der Waals surface area contributed by atoms with Gasteiger partial charge in [0.15, 0.2) is 0 Å². The van der Waals surface area contributed by atoms with Gasteiger partial charge in [-0.2, -0.15) is 0 Å². The fraction of sp³-hybridized carbons (Fsp3) is 0.609. The first-order valence-corrected chi connectivity index (χ1v) is 10.9. The van der Waals surface area contributed by atoms with Crippen molar-refractivity contribution in [2.75, 3.05) is 18.0 Å². The van der Waals surface area contributed by atoms with Crippen molar-refractivity contribution in [2.24, 2.45) is 0 Å². The third-order valence-corrected chi connectivity index (χ3v) is 5.66. The van der Waals surface area contributed by atoms with Gasteiger partial charge in [0, 0.05) is 37.3 Å². The van der Waals surface area contributed by atoms with Gasteiger partial charge in [-0.15, -0.1) is 0 Å². The van der Waals surface area contributed by atoms with Crippen molar-refractivity contribution in [1.29, 1.82) is 0 Å². The number of nitrogens with zero attached hydrogens (tertiary/aromatic N) is 2. The maximum atomic E-state index is 12.6. The van der Waals surface area contributed by atoms with Crippen molar-refractivity contribution in [1.82, 2.24) is 10.2 Å². The van der Waals surface area contributed by atoms with Gasteiger partial charge in [-0.25, -0.2) is 0 Å². The van der Waals surface area contributed by atoms with Gasteiger partial charge >= 0.3 is 5.97 Å². The summed E-state index contributed by atoms with van der Waals surface area (Å²) < 4.78 is 0. The number of carboxylic acids is 1. The molecule has 2 amide bonds. The highest BCUT2D eigenvalue weighted by Gasteiger charge is 2.22. The fourth-order valence-electron chi connectivity index (χ4n) is 3.76. The van der Waals surface area contributed by atoms with Crippen LogP contribution in [0.3, 0.4) is 0 Å². The van der Waals surface area contributed by atoms with Crippen LogP contribution < -0.4 is 10.2 Å². The second kappa shape index (κ2) is 11.1. The SMILES string of the molecule is CC(=O)N1CCCCCCCN(C(C)C)Cc2cc(C(=O)N[C@@H](C)C(=O)O)ccc21. The van der Waals surface area contributed by atoms with E-state index < -0.39 is 17.9 Å². The van der Waals surface area contributed by atoms with Gasteiger partial charge < -0.3 is 15.3 Å². The number of benzene rings is 1. The molecule has 1 aliphatic heterocycles. The Morgan fingerprint density at radius 1 is 1.00 bits per heavy atom. The lowest BCUT2D eigenvalue weighted by Crippen LogP contribution is -2.38. The average molecular weight is 418 g/mol. The summed E-state index contributed by atoms with van der Waals surface area (Å²) in [5, 5.41) is 11.6. The van der Waals surface area contributed by atoms with Gasteiger partial charge in [0.1, 0.15) is 6.04 Å². The van der Waals surface area contributed by atoms with Crippen molar-refractivity contribution in [3.8, 4) is 0 Å². The lowest BCUT2D eigenvalue weighted by molar-refractivity contribution is -0.138. The number of amides is 2. The molecule has 1 heterocycles. The van der Waals surface area contributed by atoms with Gasteiger partial charge in [0.25, 0.3) is 5.91 Å². The monoisotopic (exact) mass is 417 g/mol. The van der Waals surface area contributed by atoms with Gasteiger partial charge in [-0.1, -0.05) is 19.3 Å². The van der Waals surface area contributed by atoms with Gasteiger partial charge in [-0.05, 0) is 63.9 Å². The van der Waals surface area contributed by atoms with Crippen molar-refractivity contribution in [2.45, 2.75) is 78.4 Å². The topological polar surface area (TPSA) is 90.0 Å². The van der Waals surface area contributed by atoms with Crippen molar-refractivity contribution >= 4 is 23.5 Å². The largest absolute Gasteiger partial charge is 0.480 e. The van der Waals surface area contributed by atoms with Crippen LogP contribution in [0.25, 0.3) is 0 Å².